The van der Waals surface area contributed by atoms with Gasteiger partial charge in [-0.1, -0.05) is 66.2 Å². The molecule has 0 saturated heterocycles. The molecule has 4 heteroatoms. The lowest BCUT2D eigenvalue weighted by molar-refractivity contribution is -0.203. The number of aliphatic hydroxyl groups excluding tert-OH is 3. The molecular formula is C30H46O4. The standard InChI is InChI=1S/C30H46O4/c1-17(2)19-14-21(33)25-29(7)11-8-18-24(28(29,6)12-13-30(19,25)16-31)20(32)15-22-26(3,4)23(34)9-10-27(18,22)5/h8-10,17,19-22,24-25,31-33H,11-16H2,1-7H3/t19-,20-,21+,22-,24-,25+,27+,28-,29+,30+/m0/s1. The van der Waals surface area contributed by atoms with Crippen LogP contribution in [0.2, 0.25) is 0 Å². The highest BCUT2D eigenvalue weighted by Gasteiger charge is 2.72. The maximum Gasteiger partial charge on any atom is 0.161 e. The molecule has 5 aliphatic carbocycles. The molecule has 3 N–H and O–H groups in total. The van der Waals surface area contributed by atoms with Crippen LogP contribution < -0.4 is 0 Å². The summed E-state index contributed by atoms with van der Waals surface area (Å²) in [6, 6.07) is 0. The second-order valence-electron chi connectivity index (χ2n) is 14.3. The van der Waals surface area contributed by atoms with E-state index in [0.29, 0.717) is 18.3 Å². The van der Waals surface area contributed by atoms with E-state index in [9.17, 15) is 20.1 Å². The second kappa shape index (κ2) is 7.29. The van der Waals surface area contributed by atoms with Crippen LogP contribution in [0, 0.1) is 56.7 Å². The molecule has 5 aliphatic rings. The van der Waals surface area contributed by atoms with Crippen molar-refractivity contribution < 1.29 is 20.1 Å². The average molecular weight is 471 g/mol. The number of fused-ring (bicyclic) bond motifs is 7. The molecule has 3 saturated carbocycles. The largest absolute Gasteiger partial charge is 0.396 e. The van der Waals surface area contributed by atoms with Crippen LogP contribution in [-0.4, -0.2) is 39.9 Å². The monoisotopic (exact) mass is 470 g/mol. The average Bonchev–Trinajstić information content (AvgIpc) is 3.08. The van der Waals surface area contributed by atoms with Crippen LogP contribution in [0.5, 0.6) is 0 Å². The minimum Gasteiger partial charge on any atom is -0.396 e. The molecule has 0 radical (unpaired) electrons. The highest BCUT2D eigenvalue weighted by atomic mass is 16.3. The van der Waals surface area contributed by atoms with Crippen molar-refractivity contribution in [1.82, 2.24) is 0 Å². The highest BCUT2D eigenvalue weighted by molar-refractivity contribution is 5.96. The Bertz CT molecular complexity index is 947. The minimum atomic E-state index is -0.506. The minimum absolute atomic E-state index is 0.00291. The van der Waals surface area contributed by atoms with Crippen molar-refractivity contribution >= 4 is 5.78 Å². The van der Waals surface area contributed by atoms with Gasteiger partial charge in [0.05, 0.1) is 12.2 Å². The summed E-state index contributed by atoms with van der Waals surface area (Å²) < 4.78 is 0. The molecule has 34 heavy (non-hydrogen) atoms. The number of rotatable bonds is 2. The van der Waals surface area contributed by atoms with Gasteiger partial charge >= 0.3 is 0 Å². The summed E-state index contributed by atoms with van der Waals surface area (Å²) in [5, 5.41) is 34.1. The lowest BCUT2D eigenvalue weighted by atomic mass is 9.35. The Labute approximate surface area is 205 Å². The van der Waals surface area contributed by atoms with Gasteiger partial charge < -0.3 is 15.3 Å². The maximum atomic E-state index is 12.8. The summed E-state index contributed by atoms with van der Waals surface area (Å²) >= 11 is 0. The van der Waals surface area contributed by atoms with Crippen LogP contribution in [0.25, 0.3) is 0 Å². The number of allylic oxidation sites excluding steroid dienone is 3. The Morgan fingerprint density at radius 1 is 1.00 bits per heavy atom. The van der Waals surface area contributed by atoms with E-state index in [0.717, 1.165) is 25.7 Å². The topological polar surface area (TPSA) is 77.8 Å². The molecule has 4 nitrogen and oxygen atoms in total. The Kier molecular flexibility index (Phi) is 5.30. The summed E-state index contributed by atoms with van der Waals surface area (Å²) in [5.41, 5.74) is -0.0795. The smallest absolute Gasteiger partial charge is 0.161 e. The van der Waals surface area contributed by atoms with Crippen LogP contribution in [0.4, 0.5) is 0 Å². The van der Waals surface area contributed by atoms with E-state index in [-0.39, 0.29) is 51.8 Å². The summed E-state index contributed by atoms with van der Waals surface area (Å²) in [5.74, 6) is 0.990. The van der Waals surface area contributed by atoms with E-state index in [2.05, 4.69) is 46.8 Å². The number of aliphatic hydroxyl groups is 3. The molecule has 0 bridgehead atoms. The maximum absolute atomic E-state index is 12.8. The van der Waals surface area contributed by atoms with Crippen molar-refractivity contribution in [2.45, 2.75) is 92.8 Å². The molecule has 0 amide bonds. The van der Waals surface area contributed by atoms with Gasteiger partial charge in [0.15, 0.2) is 5.78 Å². The first kappa shape index (κ1) is 24.7. The number of ketones is 1. The molecule has 0 heterocycles. The first-order valence-corrected chi connectivity index (χ1v) is 13.6. The second-order valence-corrected chi connectivity index (χ2v) is 14.3. The zero-order valence-corrected chi connectivity index (χ0v) is 22.3. The van der Waals surface area contributed by atoms with Gasteiger partial charge in [-0.3, -0.25) is 4.79 Å². The van der Waals surface area contributed by atoms with Crippen molar-refractivity contribution in [3.63, 3.8) is 0 Å². The van der Waals surface area contributed by atoms with Gasteiger partial charge in [-0.05, 0) is 72.7 Å². The van der Waals surface area contributed by atoms with Crippen LogP contribution in [0.1, 0.15) is 80.6 Å². The predicted octanol–water partition coefficient (Wildman–Crippen LogP) is 4.92. The summed E-state index contributed by atoms with van der Waals surface area (Å²) in [7, 11) is 0. The van der Waals surface area contributed by atoms with E-state index in [1.165, 1.54) is 5.57 Å². The van der Waals surface area contributed by atoms with E-state index in [1.807, 2.05) is 13.8 Å². The number of carbonyl (C=O) groups excluding carboxylic acids is 1. The van der Waals surface area contributed by atoms with E-state index in [4.69, 9.17) is 0 Å². The van der Waals surface area contributed by atoms with Gasteiger partial charge in [-0.25, -0.2) is 0 Å². The molecule has 0 aromatic rings. The molecule has 0 spiro atoms. The quantitative estimate of drug-likeness (QED) is 0.501. The molecule has 5 rings (SSSR count). The number of hydrogen-bond donors (Lipinski definition) is 3. The van der Waals surface area contributed by atoms with Crippen LogP contribution in [0.15, 0.2) is 23.8 Å². The third-order valence-electron chi connectivity index (χ3n) is 12.5. The summed E-state index contributed by atoms with van der Waals surface area (Å²) in [4.78, 5) is 12.8. The molecule has 0 aliphatic heterocycles. The van der Waals surface area contributed by atoms with Crippen molar-refractivity contribution in [2.75, 3.05) is 6.61 Å². The van der Waals surface area contributed by atoms with E-state index >= 15 is 0 Å². The van der Waals surface area contributed by atoms with Gasteiger partial charge in [0.2, 0.25) is 0 Å². The summed E-state index contributed by atoms with van der Waals surface area (Å²) in [6.45, 7) is 15.7. The van der Waals surface area contributed by atoms with Crippen LogP contribution >= 0.6 is 0 Å². The first-order chi connectivity index (χ1) is 15.7. The Hall–Kier alpha value is -0.970. The van der Waals surface area contributed by atoms with Crippen LogP contribution in [-0.2, 0) is 4.79 Å². The molecule has 3 fully saturated rings. The fourth-order valence-electron chi connectivity index (χ4n) is 10.6. The SMILES string of the molecule is CC(C)[C@@H]1C[C@@H](O)[C@H]2[C@@]1(CO)CC[C@@]1(C)[C@H]3C(=CC[C@]21C)[C@@]1(C)C=CC(=O)C(C)(C)[C@@H]1C[C@@H]3O. The van der Waals surface area contributed by atoms with Gasteiger partial charge in [0.1, 0.15) is 0 Å². The van der Waals surface area contributed by atoms with Gasteiger partial charge in [-0.15, -0.1) is 0 Å². The fourth-order valence-corrected chi connectivity index (χ4v) is 10.6. The molecule has 190 valence electrons. The zero-order chi connectivity index (χ0) is 25.1. The molecule has 10 atom stereocenters. The molecule has 0 unspecified atom stereocenters. The van der Waals surface area contributed by atoms with Gasteiger partial charge in [0, 0.05) is 28.8 Å². The van der Waals surface area contributed by atoms with Crippen LogP contribution in [0.3, 0.4) is 0 Å². The van der Waals surface area contributed by atoms with Crippen molar-refractivity contribution in [3.05, 3.63) is 23.8 Å². The molecule has 0 aromatic heterocycles. The Morgan fingerprint density at radius 2 is 1.68 bits per heavy atom. The third kappa shape index (κ3) is 2.69. The highest BCUT2D eigenvalue weighted by Crippen LogP contribution is 2.75. The predicted molar refractivity (Wildman–Crippen MR) is 134 cm³/mol. The fraction of sp³-hybridized carbons (Fsp3) is 0.833. The molecule has 0 aromatic carbocycles. The van der Waals surface area contributed by atoms with Crippen molar-refractivity contribution in [2.24, 2.45) is 56.7 Å². The Morgan fingerprint density at radius 3 is 2.29 bits per heavy atom. The normalized spacial score (nSPS) is 53.6. The van der Waals surface area contributed by atoms with Gasteiger partial charge in [0.25, 0.3) is 0 Å². The Balaban J connectivity index is 1.65. The lowest BCUT2D eigenvalue weighted by Gasteiger charge is -2.69. The zero-order valence-electron chi connectivity index (χ0n) is 22.3. The van der Waals surface area contributed by atoms with Crippen molar-refractivity contribution in [1.29, 1.82) is 0 Å². The first-order valence-electron chi connectivity index (χ1n) is 13.6. The molecular weight excluding hydrogens is 424 g/mol. The van der Waals surface area contributed by atoms with Crippen molar-refractivity contribution in [3.8, 4) is 0 Å². The summed E-state index contributed by atoms with van der Waals surface area (Å²) in [6.07, 6.45) is 9.44. The number of hydrogen-bond acceptors (Lipinski definition) is 4. The van der Waals surface area contributed by atoms with E-state index < -0.39 is 17.6 Å². The van der Waals surface area contributed by atoms with E-state index in [1.54, 1.807) is 6.08 Å². The third-order valence-corrected chi connectivity index (χ3v) is 12.5. The number of carbonyl (C=O) groups is 1. The van der Waals surface area contributed by atoms with Gasteiger partial charge in [-0.2, -0.15) is 0 Å². The lowest BCUT2D eigenvalue weighted by Crippen LogP contribution is -2.66.